The zero-order chi connectivity index (χ0) is 13.0. The van der Waals surface area contributed by atoms with Crippen molar-refractivity contribution < 1.29 is 4.74 Å². The molecule has 0 saturated heterocycles. The molecule has 0 saturated carbocycles. The van der Waals surface area contributed by atoms with Gasteiger partial charge in [-0.1, -0.05) is 41.1 Å². The fourth-order valence-corrected chi connectivity index (χ4v) is 1.99. The number of halogens is 1. The van der Waals surface area contributed by atoms with E-state index in [2.05, 4.69) is 22.9 Å². The van der Waals surface area contributed by atoms with Gasteiger partial charge in [-0.2, -0.15) is 0 Å². The maximum absolute atomic E-state index is 6.09. The van der Waals surface area contributed by atoms with E-state index in [0.29, 0.717) is 0 Å². The summed E-state index contributed by atoms with van der Waals surface area (Å²) in [7, 11) is 0. The van der Waals surface area contributed by atoms with Crippen LogP contribution in [0.3, 0.4) is 0 Å². The minimum Gasteiger partial charge on any atom is -0.457 e. The smallest absolute Gasteiger partial charge is 0.132 e. The summed E-state index contributed by atoms with van der Waals surface area (Å²) >= 11 is 3.40. The Hall–Kier alpha value is -1.32. The van der Waals surface area contributed by atoms with Crippen molar-refractivity contribution in [3.05, 3.63) is 58.6 Å². The summed E-state index contributed by atoms with van der Waals surface area (Å²) in [5, 5.41) is 0. The molecule has 1 atom stereocenters. The normalized spacial score (nSPS) is 12.2. The molecule has 0 aliphatic carbocycles. The second-order valence-electron chi connectivity index (χ2n) is 4.11. The fraction of sp³-hybridized carbons (Fsp3) is 0.200. The van der Waals surface area contributed by atoms with Gasteiger partial charge in [0.2, 0.25) is 0 Å². The van der Waals surface area contributed by atoms with E-state index in [4.69, 9.17) is 10.5 Å². The molecule has 0 radical (unpaired) electrons. The van der Waals surface area contributed by atoms with Crippen molar-refractivity contribution in [2.45, 2.75) is 19.4 Å². The van der Waals surface area contributed by atoms with E-state index in [1.807, 2.05) is 48.5 Å². The number of hydrogen-bond donors (Lipinski definition) is 1. The van der Waals surface area contributed by atoms with E-state index in [-0.39, 0.29) is 6.04 Å². The molecule has 0 aromatic heterocycles. The quantitative estimate of drug-likeness (QED) is 0.892. The van der Waals surface area contributed by atoms with Gasteiger partial charge in [-0.25, -0.2) is 0 Å². The van der Waals surface area contributed by atoms with Gasteiger partial charge in [0.25, 0.3) is 0 Å². The lowest BCUT2D eigenvalue weighted by molar-refractivity contribution is 0.468. The van der Waals surface area contributed by atoms with Gasteiger partial charge in [0.15, 0.2) is 0 Å². The highest BCUT2D eigenvalue weighted by atomic mass is 79.9. The molecular formula is C15H16BrNO. The highest BCUT2D eigenvalue weighted by Gasteiger charge is 2.10. The summed E-state index contributed by atoms with van der Waals surface area (Å²) in [6, 6.07) is 15.7. The second-order valence-corrected chi connectivity index (χ2v) is 5.02. The average molecular weight is 306 g/mol. The summed E-state index contributed by atoms with van der Waals surface area (Å²) < 4.78 is 6.92. The van der Waals surface area contributed by atoms with Gasteiger partial charge in [0, 0.05) is 16.1 Å². The molecule has 0 aliphatic heterocycles. The standard InChI is InChI=1S/C15H16BrNO/c1-2-14(17)13-5-3-4-6-15(13)18-12-9-7-11(16)8-10-12/h3-10,14H,2,17H2,1H3. The first-order chi connectivity index (χ1) is 8.70. The lowest BCUT2D eigenvalue weighted by Gasteiger charge is -2.15. The van der Waals surface area contributed by atoms with Gasteiger partial charge < -0.3 is 10.5 Å². The molecule has 2 aromatic carbocycles. The van der Waals surface area contributed by atoms with Gasteiger partial charge in [0.1, 0.15) is 11.5 Å². The van der Waals surface area contributed by atoms with Crippen molar-refractivity contribution in [2.24, 2.45) is 5.73 Å². The van der Waals surface area contributed by atoms with Crippen LogP contribution in [0.4, 0.5) is 0 Å². The Labute approximate surface area is 116 Å². The lowest BCUT2D eigenvalue weighted by Crippen LogP contribution is -2.09. The Bertz CT molecular complexity index is 510. The number of benzene rings is 2. The number of para-hydroxylation sites is 1. The van der Waals surface area contributed by atoms with Crippen LogP contribution in [0.2, 0.25) is 0 Å². The summed E-state index contributed by atoms with van der Waals surface area (Å²) in [5.41, 5.74) is 7.13. The molecule has 94 valence electrons. The molecule has 1 unspecified atom stereocenters. The minimum atomic E-state index is 0.0108. The molecule has 0 bridgehead atoms. The number of nitrogens with two attached hydrogens (primary N) is 1. The Kier molecular flexibility index (Phi) is 4.39. The summed E-state index contributed by atoms with van der Waals surface area (Å²) in [4.78, 5) is 0. The van der Waals surface area contributed by atoms with E-state index in [0.717, 1.165) is 28.0 Å². The van der Waals surface area contributed by atoms with E-state index in [1.54, 1.807) is 0 Å². The molecule has 0 heterocycles. The molecule has 0 aliphatic rings. The third-order valence-electron chi connectivity index (χ3n) is 2.80. The van der Waals surface area contributed by atoms with Crippen molar-refractivity contribution >= 4 is 15.9 Å². The topological polar surface area (TPSA) is 35.2 Å². The van der Waals surface area contributed by atoms with Crippen LogP contribution in [0.25, 0.3) is 0 Å². The van der Waals surface area contributed by atoms with E-state index in [1.165, 1.54) is 0 Å². The highest BCUT2D eigenvalue weighted by Crippen LogP contribution is 2.30. The third kappa shape index (κ3) is 3.12. The maximum Gasteiger partial charge on any atom is 0.132 e. The summed E-state index contributed by atoms with van der Waals surface area (Å²) in [5.74, 6) is 1.64. The van der Waals surface area contributed by atoms with Crippen LogP contribution in [0.15, 0.2) is 53.0 Å². The molecule has 2 N–H and O–H groups in total. The monoisotopic (exact) mass is 305 g/mol. The van der Waals surface area contributed by atoms with E-state index in [9.17, 15) is 0 Å². The maximum atomic E-state index is 6.09. The Morgan fingerprint density at radius 2 is 1.78 bits per heavy atom. The van der Waals surface area contributed by atoms with Crippen molar-refractivity contribution in [1.29, 1.82) is 0 Å². The van der Waals surface area contributed by atoms with Crippen molar-refractivity contribution in [2.75, 3.05) is 0 Å². The minimum absolute atomic E-state index is 0.0108. The number of rotatable bonds is 4. The first kappa shape index (κ1) is 13.1. The highest BCUT2D eigenvalue weighted by molar-refractivity contribution is 9.10. The van der Waals surface area contributed by atoms with Crippen LogP contribution in [-0.2, 0) is 0 Å². The predicted octanol–water partition coefficient (Wildman–Crippen LogP) is 4.65. The van der Waals surface area contributed by atoms with Crippen LogP contribution in [0.5, 0.6) is 11.5 Å². The van der Waals surface area contributed by atoms with Crippen LogP contribution in [-0.4, -0.2) is 0 Å². The number of hydrogen-bond acceptors (Lipinski definition) is 2. The van der Waals surface area contributed by atoms with Crippen LogP contribution in [0, 0.1) is 0 Å². The third-order valence-corrected chi connectivity index (χ3v) is 3.33. The molecule has 18 heavy (non-hydrogen) atoms. The summed E-state index contributed by atoms with van der Waals surface area (Å²) in [6.07, 6.45) is 0.890. The molecular weight excluding hydrogens is 290 g/mol. The Morgan fingerprint density at radius 3 is 2.44 bits per heavy atom. The average Bonchev–Trinajstić information content (AvgIpc) is 2.41. The second kappa shape index (κ2) is 6.03. The van der Waals surface area contributed by atoms with Gasteiger partial charge in [-0.05, 0) is 36.8 Å². The summed E-state index contributed by atoms with van der Waals surface area (Å²) in [6.45, 7) is 2.07. The molecule has 0 fully saturated rings. The lowest BCUT2D eigenvalue weighted by atomic mass is 10.0. The fourth-order valence-electron chi connectivity index (χ4n) is 1.73. The molecule has 0 spiro atoms. The van der Waals surface area contributed by atoms with Gasteiger partial charge in [0.05, 0.1) is 0 Å². The van der Waals surface area contributed by atoms with Gasteiger partial charge in [-0.15, -0.1) is 0 Å². The van der Waals surface area contributed by atoms with Crippen molar-refractivity contribution in [3.8, 4) is 11.5 Å². The van der Waals surface area contributed by atoms with Crippen LogP contribution < -0.4 is 10.5 Å². The zero-order valence-corrected chi connectivity index (χ0v) is 11.9. The first-order valence-electron chi connectivity index (χ1n) is 5.98. The van der Waals surface area contributed by atoms with Crippen molar-refractivity contribution in [1.82, 2.24) is 0 Å². The molecule has 2 nitrogen and oxygen atoms in total. The van der Waals surface area contributed by atoms with Crippen molar-refractivity contribution in [3.63, 3.8) is 0 Å². The zero-order valence-electron chi connectivity index (χ0n) is 10.3. The predicted molar refractivity (Wildman–Crippen MR) is 77.9 cm³/mol. The molecule has 2 aromatic rings. The molecule has 3 heteroatoms. The first-order valence-corrected chi connectivity index (χ1v) is 6.78. The van der Waals surface area contributed by atoms with Crippen LogP contribution >= 0.6 is 15.9 Å². The molecule has 2 rings (SSSR count). The largest absolute Gasteiger partial charge is 0.457 e. The van der Waals surface area contributed by atoms with E-state index < -0.39 is 0 Å². The van der Waals surface area contributed by atoms with E-state index >= 15 is 0 Å². The Morgan fingerprint density at radius 1 is 1.11 bits per heavy atom. The molecule has 0 amide bonds. The number of ether oxygens (including phenoxy) is 1. The SMILES string of the molecule is CCC(N)c1ccccc1Oc1ccc(Br)cc1. The Balaban J connectivity index is 2.26. The van der Waals surface area contributed by atoms with Gasteiger partial charge in [-0.3, -0.25) is 0 Å². The van der Waals surface area contributed by atoms with Gasteiger partial charge >= 0.3 is 0 Å². The van der Waals surface area contributed by atoms with Crippen LogP contribution in [0.1, 0.15) is 24.9 Å².